The Morgan fingerprint density at radius 3 is 2.79 bits per heavy atom. The molecule has 0 saturated heterocycles. The normalized spacial score (nSPS) is 12.2. The van der Waals surface area contributed by atoms with E-state index in [-0.39, 0.29) is 5.09 Å². The molecule has 0 aliphatic rings. The van der Waals surface area contributed by atoms with Gasteiger partial charge in [-0.15, -0.1) is 0 Å². The second-order valence-corrected chi connectivity index (χ2v) is 6.90. The molecule has 0 bridgehead atoms. The monoisotopic (exact) mass is 300 g/mol. The Labute approximate surface area is 116 Å². The minimum absolute atomic E-state index is 0.0181. The molecule has 0 fully saturated rings. The fraction of sp³-hybridized carbons (Fsp3) is 0.333. The summed E-state index contributed by atoms with van der Waals surface area (Å²) in [7, 11) is -0.243. The molecule has 5 nitrogen and oxygen atoms in total. The first-order chi connectivity index (χ1) is 9.04. The van der Waals surface area contributed by atoms with Gasteiger partial charge in [0.05, 0.1) is 6.54 Å². The Balaban J connectivity index is 2.16. The van der Waals surface area contributed by atoms with Crippen molar-refractivity contribution >= 4 is 21.4 Å². The molecule has 104 valence electrons. The molecule has 2 rings (SSSR count). The zero-order chi connectivity index (χ0) is 13.9. The topological polar surface area (TPSA) is 62.6 Å². The minimum Gasteiger partial charge on any atom is -0.447 e. The van der Waals surface area contributed by atoms with Crippen molar-refractivity contribution in [3.8, 4) is 0 Å². The Hall–Kier alpha value is -1.15. The van der Waals surface area contributed by atoms with E-state index in [1.54, 1.807) is 31.5 Å². The van der Waals surface area contributed by atoms with E-state index in [1.807, 2.05) is 16.8 Å². The molecular weight excluding hydrogens is 284 g/mol. The molecule has 2 aromatic rings. The van der Waals surface area contributed by atoms with Crippen LogP contribution in [0.1, 0.15) is 11.3 Å². The van der Waals surface area contributed by atoms with Gasteiger partial charge in [0.15, 0.2) is 0 Å². The van der Waals surface area contributed by atoms with Gasteiger partial charge in [-0.2, -0.15) is 15.6 Å². The smallest absolute Gasteiger partial charge is 0.276 e. The van der Waals surface area contributed by atoms with Crippen molar-refractivity contribution in [2.24, 2.45) is 0 Å². The van der Waals surface area contributed by atoms with Gasteiger partial charge < -0.3 is 9.73 Å². The van der Waals surface area contributed by atoms with Crippen LogP contribution < -0.4 is 5.32 Å². The summed E-state index contributed by atoms with van der Waals surface area (Å²) in [5, 5.41) is 6.75. The maximum atomic E-state index is 12.3. The first kappa shape index (κ1) is 14.3. The summed E-state index contributed by atoms with van der Waals surface area (Å²) in [4.78, 5) is 0. The molecule has 0 radical (unpaired) electrons. The molecule has 0 atom stereocenters. The minimum atomic E-state index is -3.57. The van der Waals surface area contributed by atoms with Gasteiger partial charge >= 0.3 is 0 Å². The quantitative estimate of drug-likeness (QED) is 0.885. The van der Waals surface area contributed by atoms with Crippen molar-refractivity contribution in [1.29, 1.82) is 0 Å². The van der Waals surface area contributed by atoms with Crippen LogP contribution in [0.4, 0.5) is 0 Å². The molecule has 0 aliphatic carbocycles. The number of nitrogens with one attached hydrogen (secondary N) is 1. The van der Waals surface area contributed by atoms with Gasteiger partial charge in [-0.3, -0.25) is 0 Å². The lowest BCUT2D eigenvalue weighted by Crippen LogP contribution is -2.25. The van der Waals surface area contributed by atoms with Crippen molar-refractivity contribution in [2.45, 2.75) is 18.2 Å². The highest BCUT2D eigenvalue weighted by molar-refractivity contribution is 7.88. The van der Waals surface area contributed by atoms with E-state index in [0.717, 1.165) is 5.56 Å². The Kier molecular flexibility index (Phi) is 4.41. The van der Waals surface area contributed by atoms with Crippen LogP contribution in [0.25, 0.3) is 0 Å². The van der Waals surface area contributed by atoms with Crippen LogP contribution in [0.5, 0.6) is 0 Å². The summed E-state index contributed by atoms with van der Waals surface area (Å²) in [6.45, 7) is 0.845. The molecule has 0 amide bonds. The van der Waals surface area contributed by atoms with Crippen LogP contribution in [0.2, 0.25) is 0 Å². The Bertz CT molecular complexity index is 617. The Morgan fingerprint density at radius 1 is 1.37 bits per heavy atom. The van der Waals surface area contributed by atoms with Crippen LogP contribution in [-0.2, 0) is 23.1 Å². The summed E-state index contributed by atoms with van der Waals surface area (Å²) in [6, 6.07) is 5.07. The lowest BCUT2D eigenvalue weighted by atomic mass is 10.3. The number of hydrogen-bond donors (Lipinski definition) is 1. The summed E-state index contributed by atoms with van der Waals surface area (Å²) in [5.74, 6) is 0.602. The first-order valence-electron chi connectivity index (χ1n) is 5.75. The molecule has 2 aromatic heterocycles. The summed E-state index contributed by atoms with van der Waals surface area (Å²) >= 11 is 1.55. The predicted octanol–water partition coefficient (Wildman–Crippen LogP) is 1.88. The molecule has 1 N–H and O–H groups in total. The van der Waals surface area contributed by atoms with Crippen molar-refractivity contribution in [1.82, 2.24) is 9.62 Å². The highest BCUT2D eigenvalue weighted by atomic mass is 32.2. The molecule has 0 aliphatic heterocycles. The van der Waals surface area contributed by atoms with E-state index in [4.69, 9.17) is 4.42 Å². The molecule has 2 heterocycles. The molecule has 0 saturated carbocycles. The number of sulfonamides is 1. The fourth-order valence-corrected chi connectivity index (χ4v) is 3.38. The summed E-state index contributed by atoms with van der Waals surface area (Å²) < 4.78 is 31.2. The van der Waals surface area contributed by atoms with Crippen LogP contribution in [0, 0.1) is 0 Å². The number of hydrogen-bond acceptors (Lipinski definition) is 5. The number of furan rings is 1. The standard InChI is InChI=1S/C12H16N2O3S2/c1-13-7-11-3-4-12(17-11)19(15,16)14(2)8-10-5-6-18-9-10/h3-6,9,13H,7-8H2,1-2H3. The summed E-state index contributed by atoms with van der Waals surface area (Å²) in [6.07, 6.45) is 0. The van der Waals surface area contributed by atoms with Crippen LogP contribution >= 0.6 is 11.3 Å². The third kappa shape index (κ3) is 3.24. The molecular formula is C12H16N2O3S2. The van der Waals surface area contributed by atoms with Gasteiger partial charge in [0.2, 0.25) is 5.09 Å². The first-order valence-corrected chi connectivity index (χ1v) is 8.13. The second kappa shape index (κ2) is 5.87. The van der Waals surface area contributed by atoms with Gasteiger partial charge in [-0.25, -0.2) is 8.42 Å². The fourth-order valence-electron chi connectivity index (χ4n) is 1.64. The molecule has 0 spiro atoms. The average molecular weight is 300 g/mol. The van der Waals surface area contributed by atoms with Crippen molar-refractivity contribution in [3.63, 3.8) is 0 Å². The van der Waals surface area contributed by atoms with E-state index >= 15 is 0 Å². The van der Waals surface area contributed by atoms with E-state index in [2.05, 4.69) is 5.32 Å². The van der Waals surface area contributed by atoms with E-state index in [1.165, 1.54) is 10.4 Å². The highest BCUT2D eigenvalue weighted by Gasteiger charge is 2.24. The lowest BCUT2D eigenvalue weighted by molar-refractivity contribution is 0.382. The van der Waals surface area contributed by atoms with E-state index < -0.39 is 10.0 Å². The van der Waals surface area contributed by atoms with Crippen molar-refractivity contribution in [2.75, 3.05) is 14.1 Å². The molecule has 0 unspecified atom stereocenters. The van der Waals surface area contributed by atoms with Crippen LogP contribution in [-0.4, -0.2) is 26.8 Å². The Morgan fingerprint density at radius 2 is 2.16 bits per heavy atom. The number of nitrogens with zero attached hydrogens (tertiary/aromatic N) is 1. The largest absolute Gasteiger partial charge is 0.447 e. The average Bonchev–Trinajstić information content (AvgIpc) is 3.00. The van der Waals surface area contributed by atoms with Crippen molar-refractivity contribution < 1.29 is 12.8 Å². The summed E-state index contributed by atoms with van der Waals surface area (Å²) in [5.41, 5.74) is 0.970. The highest BCUT2D eigenvalue weighted by Crippen LogP contribution is 2.20. The van der Waals surface area contributed by atoms with Crippen LogP contribution in [0.3, 0.4) is 0 Å². The number of thiophene rings is 1. The maximum Gasteiger partial charge on any atom is 0.276 e. The zero-order valence-electron chi connectivity index (χ0n) is 10.8. The molecule has 7 heteroatoms. The van der Waals surface area contributed by atoms with E-state index in [0.29, 0.717) is 18.8 Å². The van der Waals surface area contributed by atoms with Gasteiger partial charge in [0.1, 0.15) is 5.76 Å². The van der Waals surface area contributed by atoms with Gasteiger partial charge in [0, 0.05) is 13.6 Å². The second-order valence-electron chi connectivity index (χ2n) is 4.14. The zero-order valence-corrected chi connectivity index (χ0v) is 12.4. The molecule has 0 aromatic carbocycles. The SMILES string of the molecule is CNCc1ccc(S(=O)(=O)N(C)Cc2ccsc2)o1. The van der Waals surface area contributed by atoms with Gasteiger partial charge in [-0.05, 0) is 41.6 Å². The predicted molar refractivity (Wildman–Crippen MR) is 74.4 cm³/mol. The third-order valence-corrected chi connectivity index (χ3v) is 5.05. The van der Waals surface area contributed by atoms with E-state index in [9.17, 15) is 8.42 Å². The van der Waals surface area contributed by atoms with Crippen molar-refractivity contribution in [3.05, 3.63) is 40.3 Å². The molecule has 19 heavy (non-hydrogen) atoms. The van der Waals surface area contributed by atoms with Gasteiger partial charge in [-0.1, -0.05) is 0 Å². The lowest BCUT2D eigenvalue weighted by Gasteiger charge is -2.14. The third-order valence-electron chi connectivity index (χ3n) is 2.64. The van der Waals surface area contributed by atoms with Gasteiger partial charge in [0.25, 0.3) is 10.0 Å². The van der Waals surface area contributed by atoms with Crippen LogP contribution in [0.15, 0.2) is 38.5 Å². The maximum absolute atomic E-state index is 12.3. The number of rotatable bonds is 6.